The number of anilines is 1. The third-order valence-electron chi connectivity index (χ3n) is 3.56. The average Bonchev–Trinajstić information content (AvgIpc) is 2.96. The molecule has 0 spiro atoms. The van der Waals surface area contributed by atoms with Crippen LogP contribution in [-0.2, 0) is 0 Å². The van der Waals surface area contributed by atoms with Crippen molar-refractivity contribution in [1.29, 1.82) is 0 Å². The highest BCUT2D eigenvalue weighted by Gasteiger charge is 2.25. The van der Waals surface area contributed by atoms with Gasteiger partial charge in [0.2, 0.25) is 0 Å². The summed E-state index contributed by atoms with van der Waals surface area (Å²) in [7, 11) is 2.15. The lowest BCUT2D eigenvalue weighted by Crippen LogP contribution is -2.13. The van der Waals surface area contributed by atoms with Crippen LogP contribution >= 0.6 is 0 Å². The normalized spacial score (nSPS) is 20.4. The van der Waals surface area contributed by atoms with Crippen molar-refractivity contribution in [2.24, 2.45) is 0 Å². The van der Waals surface area contributed by atoms with Crippen molar-refractivity contribution in [1.82, 2.24) is 20.1 Å². The second-order valence-corrected chi connectivity index (χ2v) is 4.91. The first-order chi connectivity index (χ1) is 8.74. The molecule has 1 aliphatic rings. The summed E-state index contributed by atoms with van der Waals surface area (Å²) >= 11 is 0. The number of hydrogen-bond acceptors (Lipinski definition) is 4. The number of nitrogens with zero attached hydrogens (tertiary/aromatic N) is 3. The summed E-state index contributed by atoms with van der Waals surface area (Å²) in [5, 5.41) is 7.34. The van der Waals surface area contributed by atoms with Gasteiger partial charge in [-0.2, -0.15) is 5.10 Å². The number of nitrogens with one attached hydrogen (secondary N) is 1. The molecule has 3 rings (SSSR count). The zero-order valence-corrected chi connectivity index (χ0v) is 10.4. The van der Waals surface area contributed by atoms with Crippen molar-refractivity contribution in [2.45, 2.75) is 12.3 Å². The summed E-state index contributed by atoms with van der Waals surface area (Å²) in [6, 6.07) is 3.87. The maximum atomic E-state index is 5.74. The third kappa shape index (κ3) is 1.97. The molecule has 0 bridgehead atoms. The van der Waals surface area contributed by atoms with Crippen LogP contribution in [0.5, 0.6) is 0 Å². The maximum Gasteiger partial charge on any atom is 0.123 e. The summed E-state index contributed by atoms with van der Waals surface area (Å²) < 4.78 is 0. The van der Waals surface area contributed by atoms with E-state index in [2.05, 4.69) is 27.1 Å². The molecule has 18 heavy (non-hydrogen) atoms. The van der Waals surface area contributed by atoms with Crippen molar-refractivity contribution >= 4 is 5.82 Å². The zero-order valence-electron chi connectivity index (χ0n) is 10.4. The van der Waals surface area contributed by atoms with Gasteiger partial charge in [-0.1, -0.05) is 0 Å². The van der Waals surface area contributed by atoms with E-state index in [4.69, 9.17) is 5.73 Å². The maximum absolute atomic E-state index is 5.74. The molecule has 3 N–H and O–H groups in total. The van der Waals surface area contributed by atoms with Gasteiger partial charge in [-0.15, -0.1) is 0 Å². The Morgan fingerprint density at radius 2 is 2.39 bits per heavy atom. The number of H-pyrrole nitrogens is 1. The number of nitrogen functional groups attached to an aromatic ring is 1. The molecule has 0 radical (unpaired) electrons. The first-order valence-electron chi connectivity index (χ1n) is 6.18. The molecular weight excluding hydrogens is 226 g/mol. The van der Waals surface area contributed by atoms with Gasteiger partial charge in [0.05, 0.1) is 6.20 Å². The number of aromatic nitrogens is 3. The Hall–Kier alpha value is -1.88. The van der Waals surface area contributed by atoms with Crippen molar-refractivity contribution < 1.29 is 0 Å². The Kier molecular flexibility index (Phi) is 2.76. The van der Waals surface area contributed by atoms with Gasteiger partial charge in [0.25, 0.3) is 0 Å². The lowest BCUT2D eigenvalue weighted by Gasteiger charge is -2.11. The molecule has 5 heteroatoms. The molecule has 94 valence electrons. The fraction of sp³-hybridized carbons (Fsp3) is 0.385. The van der Waals surface area contributed by atoms with E-state index in [0.29, 0.717) is 11.7 Å². The van der Waals surface area contributed by atoms with Gasteiger partial charge in [0.1, 0.15) is 5.82 Å². The topological polar surface area (TPSA) is 70.8 Å². The number of rotatable bonds is 2. The van der Waals surface area contributed by atoms with E-state index < -0.39 is 0 Å². The first-order valence-corrected chi connectivity index (χ1v) is 6.18. The molecule has 0 unspecified atom stereocenters. The van der Waals surface area contributed by atoms with Crippen LogP contribution in [0.15, 0.2) is 24.5 Å². The molecule has 1 atom stereocenters. The molecule has 1 aliphatic heterocycles. The fourth-order valence-electron chi connectivity index (χ4n) is 2.62. The van der Waals surface area contributed by atoms with E-state index in [9.17, 15) is 0 Å². The van der Waals surface area contributed by atoms with Crippen LogP contribution in [0.3, 0.4) is 0 Å². The van der Waals surface area contributed by atoms with E-state index in [1.165, 1.54) is 12.1 Å². The highest BCUT2D eigenvalue weighted by Crippen LogP contribution is 2.32. The average molecular weight is 243 g/mol. The van der Waals surface area contributed by atoms with Gasteiger partial charge in [-0.3, -0.25) is 5.10 Å². The largest absolute Gasteiger partial charge is 0.384 e. The number of nitrogens with two attached hydrogens (primary N) is 1. The molecule has 2 aromatic rings. The molecule has 1 saturated heterocycles. The number of likely N-dealkylation sites (N-methyl/N-ethyl adjacent to an activating group) is 1. The number of hydrogen-bond donors (Lipinski definition) is 2. The van der Waals surface area contributed by atoms with Gasteiger partial charge in [0.15, 0.2) is 0 Å². The predicted molar refractivity (Wildman–Crippen MR) is 71.1 cm³/mol. The molecule has 0 aromatic carbocycles. The van der Waals surface area contributed by atoms with Gasteiger partial charge in [-0.25, -0.2) is 4.98 Å². The molecule has 0 aliphatic carbocycles. The Morgan fingerprint density at radius 3 is 3.11 bits per heavy atom. The minimum Gasteiger partial charge on any atom is -0.384 e. The molecule has 1 fully saturated rings. The molecule has 3 heterocycles. The minimum atomic E-state index is 0.530. The van der Waals surface area contributed by atoms with Crippen molar-refractivity contribution in [2.75, 3.05) is 25.9 Å². The second-order valence-electron chi connectivity index (χ2n) is 4.91. The summed E-state index contributed by atoms with van der Waals surface area (Å²) in [6.45, 7) is 2.22. The Morgan fingerprint density at radius 1 is 1.50 bits per heavy atom. The van der Waals surface area contributed by atoms with Crippen LogP contribution < -0.4 is 5.73 Å². The lowest BCUT2D eigenvalue weighted by molar-refractivity contribution is 0.411. The van der Waals surface area contributed by atoms with Gasteiger partial charge >= 0.3 is 0 Å². The van der Waals surface area contributed by atoms with E-state index in [0.717, 1.165) is 24.2 Å². The Balaban J connectivity index is 1.96. The van der Waals surface area contributed by atoms with Crippen LogP contribution in [0.25, 0.3) is 11.1 Å². The summed E-state index contributed by atoms with van der Waals surface area (Å²) in [5.74, 6) is 1.07. The van der Waals surface area contributed by atoms with Crippen molar-refractivity contribution in [3.8, 4) is 11.1 Å². The standard InChI is InChI=1S/C13H17N5/c1-18-5-3-10(8-18)13-11(7-16-17-13)9-2-4-15-12(14)6-9/h2,4,6-7,10H,3,5,8H2,1H3,(H2,14,15)(H,16,17)/t10-/m1/s1. The van der Waals surface area contributed by atoms with E-state index in [1.54, 1.807) is 6.20 Å². The third-order valence-corrected chi connectivity index (χ3v) is 3.56. The highest BCUT2D eigenvalue weighted by atomic mass is 15.1. The monoisotopic (exact) mass is 243 g/mol. The molecule has 2 aromatic heterocycles. The number of likely N-dealkylation sites (tertiary alicyclic amines) is 1. The van der Waals surface area contributed by atoms with Crippen molar-refractivity contribution in [3.05, 3.63) is 30.2 Å². The summed E-state index contributed by atoms with van der Waals surface area (Å²) in [5.41, 5.74) is 9.18. The predicted octanol–water partition coefficient (Wildman–Crippen LogP) is 1.47. The summed E-state index contributed by atoms with van der Waals surface area (Å²) in [6.07, 6.45) is 4.79. The smallest absolute Gasteiger partial charge is 0.123 e. The van der Waals surface area contributed by atoms with Crippen molar-refractivity contribution in [3.63, 3.8) is 0 Å². The number of aromatic amines is 1. The highest BCUT2D eigenvalue weighted by molar-refractivity contribution is 5.67. The van der Waals surface area contributed by atoms with Crippen LogP contribution in [0.1, 0.15) is 18.0 Å². The van der Waals surface area contributed by atoms with E-state index >= 15 is 0 Å². The van der Waals surface area contributed by atoms with Crippen LogP contribution in [0, 0.1) is 0 Å². The fourth-order valence-corrected chi connectivity index (χ4v) is 2.62. The Bertz CT molecular complexity index is 548. The Labute approximate surface area is 106 Å². The quantitative estimate of drug-likeness (QED) is 0.838. The number of pyridine rings is 1. The lowest BCUT2D eigenvalue weighted by atomic mass is 9.97. The molecule has 0 saturated carbocycles. The van der Waals surface area contributed by atoms with Gasteiger partial charge < -0.3 is 10.6 Å². The van der Waals surface area contributed by atoms with Crippen LogP contribution in [0.2, 0.25) is 0 Å². The molecule has 5 nitrogen and oxygen atoms in total. The summed E-state index contributed by atoms with van der Waals surface area (Å²) in [4.78, 5) is 6.37. The van der Waals surface area contributed by atoms with E-state index in [1.807, 2.05) is 18.3 Å². The van der Waals surface area contributed by atoms with E-state index in [-0.39, 0.29) is 0 Å². The van der Waals surface area contributed by atoms with Crippen LogP contribution in [0.4, 0.5) is 5.82 Å². The van der Waals surface area contributed by atoms with Gasteiger partial charge in [-0.05, 0) is 37.7 Å². The SMILES string of the molecule is CN1CC[C@@H](c2[nH]ncc2-c2ccnc(N)c2)C1. The second kappa shape index (κ2) is 4.42. The first kappa shape index (κ1) is 11.2. The minimum absolute atomic E-state index is 0.530. The van der Waals surface area contributed by atoms with Gasteiger partial charge in [0, 0.05) is 29.9 Å². The zero-order chi connectivity index (χ0) is 12.5. The molecule has 0 amide bonds. The molecular formula is C13H17N5. The van der Waals surface area contributed by atoms with Crippen LogP contribution in [-0.4, -0.2) is 40.2 Å².